The van der Waals surface area contributed by atoms with E-state index in [2.05, 4.69) is 16.2 Å². The van der Waals surface area contributed by atoms with Crippen molar-refractivity contribution in [3.63, 3.8) is 0 Å². The number of carbonyl (C=O) groups is 4. The van der Waals surface area contributed by atoms with E-state index < -0.39 is 54.5 Å². The number of amides is 5. The van der Waals surface area contributed by atoms with Crippen LogP contribution in [0.4, 0.5) is 4.79 Å². The topological polar surface area (TPSA) is 146 Å². The van der Waals surface area contributed by atoms with Gasteiger partial charge in [-0.25, -0.2) is 15.1 Å². The quantitative estimate of drug-likeness (QED) is 0.245. The Morgan fingerprint density at radius 3 is 2.57 bits per heavy atom. The fourth-order valence-corrected chi connectivity index (χ4v) is 4.29. The molecular weight excluding hydrogens is 480 g/mol. The predicted octanol–water partition coefficient (Wildman–Crippen LogP) is 1.89. The monoisotopic (exact) mass is 516 g/mol. The Kier molecular flexibility index (Phi) is 10.6. The molecule has 0 aliphatic carbocycles. The third-order valence-corrected chi connectivity index (χ3v) is 6.24. The minimum Gasteiger partial charge on any atom is -0.394 e. The summed E-state index contributed by atoms with van der Waals surface area (Å²) >= 11 is 0. The molecule has 2 fully saturated rings. The van der Waals surface area contributed by atoms with Gasteiger partial charge in [0.1, 0.15) is 6.04 Å². The van der Waals surface area contributed by atoms with E-state index in [-0.39, 0.29) is 12.3 Å². The van der Waals surface area contributed by atoms with E-state index in [4.69, 9.17) is 9.57 Å². The highest BCUT2D eigenvalue weighted by molar-refractivity contribution is 6.05. The lowest BCUT2D eigenvalue weighted by atomic mass is 9.82. The first kappa shape index (κ1) is 28.3. The van der Waals surface area contributed by atoms with Crippen molar-refractivity contribution in [2.75, 3.05) is 13.2 Å². The number of nitrogens with zero attached hydrogens (tertiary/aromatic N) is 1. The Morgan fingerprint density at radius 1 is 1.19 bits per heavy atom. The van der Waals surface area contributed by atoms with Gasteiger partial charge < -0.3 is 15.2 Å². The van der Waals surface area contributed by atoms with Gasteiger partial charge in [-0.3, -0.25) is 19.8 Å². The number of hydrogen-bond donors (Lipinski definition) is 4. The number of hydroxylamine groups is 1. The summed E-state index contributed by atoms with van der Waals surface area (Å²) in [6.07, 6.45) is 6.13. The minimum absolute atomic E-state index is 0.0278. The first-order valence-electron chi connectivity index (χ1n) is 12.6. The van der Waals surface area contributed by atoms with Crippen LogP contribution in [0, 0.1) is 17.8 Å². The van der Waals surface area contributed by atoms with Gasteiger partial charge >= 0.3 is 6.03 Å². The SMILES string of the molecule is CC(C)C[C@@H](C(=O)NN1C(=O)N[C@@H](CO)C1=O)[C@H](C/C=C/c1ccccc1)C(=O)NOC1CCCCO1. The molecule has 0 spiro atoms. The third-order valence-electron chi connectivity index (χ3n) is 6.24. The van der Waals surface area contributed by atoms with E-state index in [9.17, 15) is 24.3 Å². The van der Waals surface area contributed by atoms with Gasteiger partial charge in [-0.1, -0.05) is 56.3 Å². The zero-order chi connectivity index (χ0) is 26.8. The van der Waals surface area contributed by atoms with Crippen molar-refractivity contribution in [2.45, 2.75) is 58.3 Å². The molecule has 11 heteroatoms. The van der Waals surface area contributed by atoms with Crippen molar-refractivity contribution in [2.24, 2.45) is 17.8 Å². The van der Waals surface area contributed by atoms with E-state index in [1.54, 1.807) is 0 Å². The van der Waals surface area contributed by atoms with Crippen LogP contribution in [-0.2, 0) is 24.0 Å². The van der Waals surface area contributed by atoms with Gasteiger partial charge in [0, 0.05) is 13.0 Å². The maximum atomic E-state index is 13.4. The average molecular weight is 517 g/mol. The van der Waals surface area contributed by atoms with Crippen molar-refractivity contribution in [1.82, 2.24) is 21.2 Å². The lowest BCUT2D eigenvalue weighted by Crippen LogP contribution is -2.52. The number of carbonyl (C=O) groups excluding carboxylic acids is 4. The van der Waals surface area contributed by atoms with E-state index in [1.807, 2.05) is 56.3 Å². The van der Waals surface area contributed by atoms with Crippen LogP contribution in [0.5, 0.6) is 0 Å². The molecule has 202 valence electrons. The number of hydrazine groups is 1. The number of ether oxygens (including phenoxy) is 1. The molecular formula is C26H36N4O7. The summed E-state index contributed by atoms with van der Waals surface area (Å²) in [6.45, 7) is 3.78. The molecule has 2 saturated heterocycles. The smallest absolute Gasteiger partial charge is 0.344 e. The van der Waals surface area contributed by atoms with Crippen LogP contribution in [0.15, 0.2) is 36.4 Å². The standard InChI is InChI=1S/C26H36N4O7/c1-17(2)15-20(23(32)28-30-25(34)21(16-31)27-26(30)35)19(12-8-11-18-9-4-3-5-10-18)24(33)29-37-22-13-6-7-14-36-22/h3-5,8-11,17,19-22,31H,6-7,12-16H2,1-2H3,(H,27,35)(H,28,32)(H,29,33)/b11-8+/t19-,20+,21-,22?/m0/s1. The van der Waals surface area contributed by atoms with Gasteiger partial charge in [0.25, 0.3) is 5.91 Å². The Balaban J connectivity index is 1.78. The van der Waals surface area contributed by atoms with Gasteiger partial charge in [-0.05, 0) is 37.2 Å². The number of aliphatic hydroxyl groups excluding tert-OH is 1. The molecule has 11 nitrogen and oxygen atoms in total. The Bertz CT molecular complexity index is 963. The summed E-state index contributed by atoms with van der Waals surface area (Å²) in [5.74, 6) is -3.64. The summed E-state index contributed by atoms with van der Waals surface area (Å²) in [5.41, 5.74) is 5.75. The lowest BCUT2D eigenvalue weighted by Gasteiger charge is -2.28. The largest absolute Gasteiger partial charge is 0.394 e. The fourth-order valence-electron chi connectivity index (χ4n) is 4.29. The number of urea groups is 1. The molecule has 4 N–H and O–H groups in total. The predicted molar refractivity (Wildman–Crippen MR) is 134 cm³/mol. The van der Waals surface area contributed by atoms with Crippen molar-refractivity contribution in [3.05, 3.63) is 42.0 Å². The Morgan fingerprint density at radius 2 is 1.95 bits per heavy atom. The maximum absolute atomic E-state index is 13.4. The van der Waals surface area contributed by atoms with Crippen LogP contribution in [0.1, 0.15) is 51.5 Å². The molecule has 37 heavy (non-hydrogen) atoms. The van der Waals surface area contributed by atoms with Crippen LogP contribution in [-0.4, -0.2) is 59.4 Å². The Labute approximate surface area is 216 Å². The van der Waals surface area contributed by atoms with Crippen molar-refractivity contribution < 1.29 is 33.9 Å². The van der Waals surface area contributed by atoms with Crippen molar-refractivity contribution >= 4 is 29.8 Å². The van der Waals surface area contributed by atoms with Crippen LogP contribution >= 0.6 is 0 Å². The molecule has 1 aromatic rings. The molecule has 5 amide bonds. The molecule has 0 saturated carbocycles. The van der Waals surface area contributed by atoms with E-state index >= 15 is 0 Å². The zero-order valence-electron chi connectivity index (χ0n) is 21.2. The first-order chi connectivity index (χ1) is 17.8. The molecule has 2 aliphatic heterocycles. The minimum atomic E-state index is -1.13. The second-order valence-electron chi connectivity index (χ2n) is 9.61. The van der Waals surface area contributed by atoms with Gasteiger partial charge in [-0.15, -0.1) is 0 Å². The van der Waals surface area contributed by atoms with E-state index in [1.165, 1.54) is 0 Å². The number of hydrogen-bond acceptors (Lipinski definition) is 7. The number of aliphatic hydroxyl groups is 1. The van der Waals surface area contributed by atoms with Crippen LogP contribution in [0.3, 0.4) is 0 Å². The van der Waals surface area contributed by atoms with Crippen LogP contribution < -0.4 is 16.2 Å². The average Bonchev–Trinajstić information content (AvgIpc) is 3.17. The molecule has 0 bridgehead atoms. The number of imide groups is 1. The summed E-state index contributed by atoms with van der Waals surface area (Å²) in [5, 5.41) is 12.1. The number of allylic oxidation sites excluding steroid dienone is 1. The molecule has 0 aromatic heterocycles. The fraction of sp³-hybridized carbons (Fsp3) is 0.538. The highest BCUT2D eigenvalue weighted by Crippen LogP contribution is 2.26. The molecule has 2 aliphatic rings. The normalized spacial score (nSPS) is 21.7. The number of benzene rings is 1. The second-order valence-corrected chi connectivity index (χ2v) is 9.61. The summed E-state index contributed by atoms with van der Waals surface area (Å²) in [6, 6.07) is 7.56. The molecule has 1 aromatic carbocycles. The number of rotatable bonds is 12. The summed E-state index contributed by atoms with van der Waals surface area (Å²) in [4.78, 5) is 56.8. The first-order valence-corrected chi connectivity index (χ1v) is 12.6. The maximum Gasteiger partial charge on any atom is 0.344 e. The van der Waals surface area contributed by atoms with Crippen LogP contribution in [0.25, 0.3) is 6.08 Å². The van der Waals surface area contributed by atoms with E-state index in [0.717, 1.165) is 18.4 Å². The Hall–Kier alpha value is -3.28. The summed E-state index contributed by atoms with van der Waals surface area (Å²) in [7, 11) is 0. The molecule has 2 heterocycles. The number of nitrogens with one attached hydrogen (secondary N) is 3. The second kappa shape index (κ2) is 13.9. The molecule has 4 atom stereocenters. The van der Waals surface area contributed by atoms with Crippen LogP contribution in [0.2, 0.25) is 0 Å². The summed E-state index contributed by atoms with van der Waals surface area (Å²) < 4.78 is 5.51. The third kappa shape index (κ3) is 8.11. The van der Waals surface area contributed by atoms with Gasteiger partial charge in [0.05, 0.1) is 18.4 Å². The molecule has 0 radical (unpaired) electrons. The molecule has 1 unspecified atom stereocenters. The van der Waals surface area contributed by atoms with Crippen molar-refractivity contribution in [1.29, 1.82) is 0 Å². The van der Waals surface area contributed by atoms with E-state index in [0.29, 0.717) is 24.5 Å². The van der Waals surface area contributed by atoms with Crippen molar-refractivity contribution in [3.8, 4) is 0 Å². The zero-order valence-corrected chi connectivity index (χ0v) is 21.2. The highest BCUT2D eigenvalue weighted by Gasteiger charge is 2.41. The molecule has 3 rings (SSSR count). The van der Waals surface area contributed by atoms with Gasteiger partial charge in [0.2, 0.25) is 11.8 Å². The van der Waals surface area contributed by atoms with Gasteiger partial charge in [0.15, 0.2) is 6.29 Å². The van der Waals surface area contributed by atoms with Gasteiger partial charge in [-0.2, -0.15) is 5.01 Å². The highest BCUT2D eigenvalue weighted by atomic mass is 16.8. The lowest BCUT2D eigenvalue weighted by molar-refractivity contribution is -0.203.